The Kier molecular flexibility index (Phi) is 10.8. The van der Waals surface area contributed by atoms with Gasteiger partial charge in [0.1, 0.15) is 23.9 Å². The van der Waals surface area contributed by atoms with Crippen LogP contribution in [0.5, 0.6) is 11.5 Å². The molecule has 32 heavy (non-hydrogen) atoms. The number of carbonyl (C=O) groups is 1. The Balaban J connectivity index is 2.29. The highest BCUT2D eigenvalue weighted by Gasteiger charge is 2.25. The van der Waals surface area contributed by atoms with Crippen LogP contribution < -0.4 is 9.47 Å². The molecule has 1 amide bonds. The second-order valence-electron chi connectivity index (χ2n) is 7.88. The van der Waals surface area contributed by atoms with Crippen molar-refractivity contribution in [3.63, 3.8) is 0 Å². The Labute approximate surface area is 195 Å². The number of benzene rings is 2. The first-order valence-corrected chi connectivity index (χ1v) is 12.2. The van der Waals surface area contributed by atoms with Gasteiger partial charge in [-0.25, -0.2) is 4.39 Å². The Hall–Kier alpha value is -2.25. The first-order chi connectivity index (χ1) is 15.4. The molecule has 0 saturated carbocycles. The molecule has 2 rings (SSSR count). The second kappa shape index (κ2) is 13.3. The van der Waals surface area contributed by atoms with Crippen LogP contribution in [-0.2, 0) is 11.3 Å². The number of methoxy groups -OCH3 is 1. The summed E-state index contributed by atoms with van der Waals surface area (Å²) in [6.07, 6.45) is 2.76. The average Bonchev–Trinajstić information content (AvgIpc) is 2.76. The van der Waals surface area contributed by atoms with Crippen molar-refractivity contribution in [2.75, 3.05) is 32.3 Å². The molecule has 5 nitrogen and oxygen atoms in total. The smallest absolute Gasteiger partial charge is 0.254 e. The van der Waals surface area contributed by atoms with Crippen molar-refractivity contribution >= 4 is 17.7 Å². The molecular weight excluding hydrogens is 429 g/mol. The Morgan fingerprint density at radius 2 is 1.75 bits per heavy atom. The van der Waals surface area contributed by atoms with Gasteiger partial charge in [0.2, 0.25) is 0 Å². The maximum Gasteiger partial charge on any atom is 0.254 e. The fraction of sp³-hybridized carbons (Fsp3) is 0.480. The number of rotatable bonds is 13. The van der Waals surface area contributed by atoms with Gasteiger partial charge in [-0.15, -0.1) is 0 Å². The van der Waals surface area contributed by atoms with Gasteiger partial charge in [-0.1, -0.05) is 18.2 Å². The molecule has 0 radical (unpaired) electrons. The van der Waals surface area contributed by atoms with Gasteiger partial charge in [-0.2, -0.15) is 11.8 Å². The first-order valence-electron chi connectivity index (χ1n) is 10.8. The summed E-state index contributed by atoms with van der Waals surface area (Å²) in [7, 11) is 1.64. The summed E-state index contributed by atoms with van der Waals surface area (Å²) < 4.78 is 30.8. The normalized spacial score (nSPS) is 12.0. The maximum atomic E-state index is 14.0. The number of nitrogens with zero attached hydrogens (tertiary/aromatic N) is 1. The summed E-state index contributed by atoms with van der Waals surface area (Å²) in [6.45, 7) is 7.17. The average molecular weight is 464 g/mol. The molecule has 0 unspecified atom stereocenters. The van der Waals surface area contributed by atoms with Gasteiger partial charge in [0.15, 0.2) is 0 Å². The summed E-state index contributed by atoms with van der Waals surface area (Å²) in [6, 6.07) is 11.8. The largest absolute Gasteiger partial charge is 0.493 e. The fourth-order valence-corrected chi connectivity index (χ4v) is 4.09. The zero-order valence-electron chi connectivity index (χ0n) is 19.6. The van der Waals surface area contributed by atoms with Crippen molar-refractivity contribution in [3.05, 3.63) is 59.4 Å². The van der Waals surface area contributed by atoms with E-state index in [2.05, 4.69) is 6.92 Å². The fourth-order valence-electron chi connectivity index (χ4n) is 3.45. The molecule has 0 bridgehead atoms. The number of thioether (sulfide) groups is 1. The van der Waals surface area contributed by atoms with Gasteiger partial charge >= 0.3 is 0 Å². The summed E-state index contributed by atoms with van der Waals surface area (Å²) in [5.74, 6) is 1.43. The third-order valence-electron chi connectivity index (χ3n) is 4.91. The third-order valence-corrected chi connectivity index (χ3v) is 5.73. The molecule has 0 aliphatic rings. The van der Waals surface area contributed by atoms with E-state index >= 15 is 0 Å². The van der Waals surface area contributed by atoms with E-state index in [0.717, 1.165) is 12.2 Å². The van der Waals surface area contributed by atoms with Gasteiger partial charge in [0, 0.05) is 55.2 Å². The van der Waals surface area contributed by atoms with E-state index < -0.39 is 0 Å². The van der Waals surface area contributed by atoms with Gasteiger partial charge in [-0.05, 0) is 45.2 Å². The SMILES string of the molecule is COCCCOc1cc(OCc2ccccc2F)cc(C(=O)N(C(C)C)[C@H](C)CSC)c1. The van der Waals surface area contributed by atoms with Crippen LogP contribution in [0.25, 0.3) is 0 Å². The predicted molar refractivity (Wildman–Crippen MR) is 128 cm³/mol. The molecule has 0 heterocycles. The summed E-state index contributed by atoms with van der Waals surface area (Å²) in [5.41, 5.74) is 0.934. The predicted octanol–water partition coefficient (Wildman–Crippen LogP) is 5.42. The van der Waals surface area contributed by atoms with Crippen molar-refractivity contribution in [1.82, 2.24) is 4.90 Å². The molecule has 2 aromatic carbocycles. The topological polar surface area (TPSA) is 48.0 Å². The molecule has 0 saturated heterocycles. The number of ether oxygens (including phenoxy) is 3. The van der Waals surface area contributed by atoms with Crippen molar-refractivity contribution in [3.8, 4) is 11.5 Å². The van der Waals surface area contributed by atoms with E-state index in [1.807, 2.05) is 25.0 Å². The van der Waals surface area contributed by atoms with Crippen LogP contribution in [0.3, 0.4) is 0 Å². The van der Waals surface area contributed by atoms with E-state index in [1.165, 1.54) is 6.07 Å². The van der Waals surface area contributed by atoms with Crippen LogP contribution in [0, 0.1) is 5.82 Å². The quantitative estimate of drug-likeness (QED) is 0.371. The van der Waals surface area contributed by atoms with Crippen molar-refractivity contribution < 1.29 is 23.4 Å². The molecule has 0 fully saturated rings. The van der Waals surface area contributed by atoms with E-state index in [-0.39, 0.29) is 30.4 Å². The molecule has 7 heteroatoms. The third kappa shape index (κ3) is 7.71. The lowest BCUT2D eigenvalue weighted by Crippen LogP contribution is -2.44. The van der Waals surface area contributed by atoms with Gasteiger partial charge in [0.05, 0.1) is 6.61 Å². The number of halogens is 1. The van der Waals surface area contributed by atoms with Crippen LogP contribution in [0.1, 0.15) is 43.1 Å². The molecular formula is C25H34FNO4S. The molecule has 176 valence electrons. The van der Waals surface area contributed by atoms with Crippen molar-refractivity contribution in [2.45, 2.75) is 45.9 Å². The lowest BCUT2D eigenvalue weighted by molar-refractivity contribution is 0.0646. The molecule has 0 N–H and O–H groups in total. The molecule has 0 aromatic heterocycles. The number of hydrogen-bond donors (Lipinski definition) is 0. The molecule has 0 spiro atoms. The standard InChI is InChI=1S/C25H34FNO4S/c1-18(2)27(19(3)17-32-5)25(28)21-13-22(30-12-8-11-29-4)15-23(14-21)31-16-20-9-6-7-10-24(20)26/h6-7,9-10,13-15,18-19H,8,11-12,16-17H2,1-5H3/t19-/m1/s1. The lowest BCUT2D eigenvalue weighted by atomic mass is 10.1. The summed E-state index contributed by atoms with van der Waals surface area (Å²) in [4.78, 5) is 15.3. The van der Waals surface area contributed by atoms with Crippen LogP contribution in [0.4, 0.5) is 4.39 Å². The van der Waals surface area contributed by atoms with Crippen LogP contribution >= 0.6 is 11.8 Å². The maximum absolute atomic E-state index is 14.0. The lowest BCUT2D eigenvalue weighted by Gasteiger charge is -2.33. The number of hydrogen-bond acceptors (Lipinski definition) is 5. The Morgan fingerprint density at radius 1 is 1.06 bits per heavy atom. The zero-order valence-corrected chi connectivity index (χ0v) is 20.4. The van der Waals surface area contributed by atoms with E-state index in [4.69, 9.17) is 14.2 Å². The summed E-state index contributed by atoms with van der Waals surface area (Å²) >= 11 is 1.71. The second-order valence-corrected chi connectivity index (χ2v) is 8.79. The molecule has 0 aliphatic carbocycles. The van der Waals surface area contributed by atoms with Crippen molar-refractivity contribution in [1.29, 1.82) is 0 Å². The van der Waals surface area contributed by atoms with Gasteiger partial charge in [-0.3, -0.25) is 4.79 Å². The molecule has 1 atom stereocenters. The highest BCUT2D eigenvalue weighted by atomic mass is 32.2. The van der Waals surface area contributed by atoms with Crippen LogP contribution in [-0.4, -0.2) is 55.2 Å². The Bertz CT molecular complexity index is 862. The minimum Gasteiger partial charge on any atom is -0.493 e. The van der Waals surface area contributed by atoms with E-state index in [0.29, 0.717) is 35.8 Å². The first kappa shape index (κ1) is 26.0. The monoisotopic (exact) mass is 463 g/mol. The van der Waals surface area contributed by atoms with Crippen LogP contribution in [0.15, 0.2) is 42.5 Å². The van der Waals surface area contributed by atoms with Crippen LogP contribution in [0.2, 0.25) is 0 Å². The highest BCUT2D eigenvalue weighted by molar-refractivity contribution is 7.98. The summed E-state index contributed by atoms with van der Waals surface area (Å²) in [5, 5.41) is 0. The van der Waals surface area contributed by atoms with Crippen molar-refractivity contribution in [2.24, 2.45) is 0 Å². The molecule has 0 aliphatic heterocycles. The minimum atomic E-state index is -0.326. The van der Waals surface area contributed by atoms with E-state index in [1.54, 1.807) is 55.3 Å². The number of amides is 1. The Morgan fingerprint density at radius 3 is 2.38 bits per heavy atom. The van der Waals surface area contributed by atoms with E-state index in [9.17, 15) is 9.18 Å². The van der Waals surface area contributed by atoms with Gasteiger partial charge < -0.3 is 19.1 Å². The highest BCUT2D eigenvalue weighted by Crippen LogP contribution is 2.27. The molecule has 2 aromatic rings. The zero-order chi connectivity index (χ0) is 23.5. The van der Waals surface area contributed by atoms with Gasteiger partial charge in [0.25, 0.3) is 5.91 Å². The minimum absolute atomic E-state index is 0.0405. The number of carbonyl (C=O) groups excluding carboxylic acids is 1.